The van der Waals surface area contributed by atoms with Crippen molar-refractivity contribution in [1.29, 1.82) is 0 Å². The smallest absolute Gasteiger partial charge is 0.144 e. The van der Waals surface area contributed by atoms with Crippen LogP contribution in [-0.4, -0.2) is 39.7 Å². The number of aliphatic hydroxyl groups is 1. The van der Waals surface area contributed by atoms with E-state index in [2.05, 4.69) is 15.3 Å². The Bertz CT molecular complexity index is 239. The van der Waals surface area contributed by atoms with Gasteiger partial charge in [-0.3, -0.25) is 4.98 Å². The molecule has 1 aromatic rings. The van der Waals surface area contributed by atoms with Gasteiger partial charge in [-0.1, -0.05) is 0 Å². The van der Waals surface area contributed by atoms with Crippen LogP contribution in [0.5, 0.6) is 0 Å². The highest BCUT2D eigenvalue weighted by Gasteiger charge is 2.07. The molecule has 0 fully saturated rings. The van der Waals surface area contributed by atoms with E-state index in [0.29, 0.717) is 0 Å². The van der Waals surface area contributed by atoms with Crippen LogP contribution in [0.25, 0.3) is 0 Å². The summed E-state index contributed by atoms with van der Waals surface area (Å²) in [6, 6.07) is 0.256. The zero-order chi connectivity index (χ0) is 10.2. The summed E-state index contributed by atoms with van der Waals surface area (Å²) in [6.45, 7) is 0.193. The molecule has 0 spiro atoms. The van der Waals surface area contributed by atoms with Crippen molar-refractivity contribution in [3.8, 4) is 0 Å². The zero-order valence-electron chi connectivity index (χ0n) is 8.18. The highest BCUT2D eigenvalue weighted by atomic mass is 32.2. The molecule has 0 aliphatic heterocycles. The summed E-state index contributed by atoms with van der Waals surface area (Å²) >= 11 is 1.75. The Balaban J connectivity index is 2.46. The summed E-state index contributed by atoms with van der Waals surface area (Å²) in [5.41, 5.74) is 0. The molecule has 1 heterocycles. The Morgan fingerprint density at radius 3 is 3.00 bits per heavy atom. The molecule has 78 valence electrons. The third-order valence-corrected chi connectivity index (χ3v) is 2.50. The minimum Gasteiger partial charge on any atom is -0.396 e. The van der Waals surface area contributed by atoms with Crippen LogP contribution < -0.4 is 5.32 Å². The lowest BCUT2D eigenvalue weighted by Crippen LogP contribution is -2.24. The first-order valence-corrected chi connectivity index (χ1v) is 5.88. The summed E-state index contributed by atoms with van der Waals surface area (Å²) in [5, 5.41) is 12.1. The van der Waals surface area contributed by atoms with Gasteiger partial charge in [-0.15, -0.1) is 0 Å². The second-order valence-electron chi connectivity index (χ2n) is 2.90. The quantitative estimate of drug-likeness (QED) is 0.738. The fraction of sp³-hybridized carbons (Fsp3) is 0.556. The summed E-state index contributed by atoms with van der Waals surface area (Å²) < 4.78 is 0. The van der Waals surface area contributed by atoms with Crippen LogP contribution in [0, 0.1) is 0 Å². The van der Waals surface area contributed by atoms with E-state index < -0.39 is 0 Å². The molecule has 1 unspecified atom stereocenters. The Kier molecular flexibility index (Phi) is 5.32. The first-order valence-electron chi connectivity index (χ1n) is 4.49. The molecule has 0 aliphatic carbocycles. The van der Waals surface area contributed by atoms with Crippen molar-refractivity contribution >= 4 is 17.6 Å². The number of hydrogen-bond acceptors (Lipinski definition) is 5. The normalized spacial score (nSPS) is 12.4. The fourth-order valence-corrected chi connectivity index (χ4v) is 1.79. The number of anilines is 1. The average molecular weight is 213 g/mol. The molecule has 0 radical (unpaired) electrons. The molecular formula is C9H15N3OS. The third-order valence-electron chi connectivity index (χ3n) is 1.76. The van der Waals surface area contributed by atoms with Gasteiger partial charge in [0.25, 0.3) is 0 Å². The molecule has 1 aromatic heterocycles. The fourth-order valence-electron chi connectivity index (χ4n) is 1.14. The molecule has 0 amide bonds. The second-order valence-corrected chi connectivity index (χ2v) is 3.81. The van der Waals surface area contributed by atoms with Gasteiger partial charge in [0, 0.05) is 30.8 Å². The van der Waals surface area contributed by atoms with Crippen molar-refractivity contribution in [3.63, 3.8) is 0 Å². The van der Waals surface area contributed by atoms with Crippen LogP contribution in [0.4, 0.5) is 5.82 Å². The number of aliphatic hydroxyl groups excluding tert-OH is 1. The van der Waals surface area contributed by atoms with E-state index in [1.54, 1.807) is 30.4 Å². The molecular weight excluding hydrogens is 198 g/mol. The maximum atomic E-state index is 8.86. The number of nitrogens with one attached hydrogen (secondary N) is 1. The van der Waals surface area contributed by atoms with Crippen LogP contribution in [0.2, 0.25) is 0 Å². The Labute approximate surface area is 88.2 Å². The van der Waals surface area contributed by atoms with Crippen LogP contribution >= 0.6 is 11.8 Å². The van der Waals surface area contributed by atoms with E-state index in [-0.39, 0.29) is 12.6 Å². The number of thioether (sulfide) groups is 1. The van der Waals surface area contributed by atoms with Gasteiger partial charge in [-0.25, -0.2) is 4.98 Å². The van der Waals surface area contributed by atoms with Gasteiger partial charge in [0.2, 0.25) is 0 Å². The molecule has 4 nitrogen and oxygen atoms in total. The van der Waals surface area contributed by atoms with Crippen LogP contribution in [-0.2, 0) is 0 Å². The van der Waals surface area contributed by atoms with Crippen molar-refractivity contribution in [2.24, 2.45) is 0 Å². The van der Waals surface area contributed by atoms with E-state index in [4.69, 9.17) is 5.11 Å². The Morgan fingerprint density at radius 1 is 1.57 bits per heavy atom. The number of aromatic nitrogens is 2. The summed E-state index contributed by atoms with van der Waals surface area (Å²) in [7, 11) is 0. The lowest BCUT2D eigenvalue weighted by Gasteiger charge is -2.16. The number of hydrogen-bond donors (Lipinski definition) is 2. The molecule has 0 bridgehead atoms. The van der Waals surface area contributed by atoms with E-state index in [1.165, 1.54) is 0 Å². The minimum atomic E-state index is 0.193. The predicted molar refractivity (Wildman–Crippen MR) is 59.5 cm³/mol. The molecule has 1 atom stereocenters. The first-order chi connectivity index (χ1) is 6.86. The van der Waals surface area contributed by atoms with Gasteiger partial charge in [-0.2, -0.15) is 11.8 Å². The van der Waals surface area contributed by atoms with E-state index in [1.807, 2.05) is 6.26 Å². The van der Waals surface area contributed by atoms with Gasteiger partial charge < -0.3 is 10.4 Å². The lowest BCUT2D eigenvalue weighted by atomic mass is 10.2. The number of rotatable bonds is 6. The van der Waals surface area contributed by atoms with Crippen LogP contribution in [0.15, 0.2) is 18.6 Å². The van der Waals surface area contributed by atoms with Gasteiger partial charge in [0.05, 0.1) is 6.20 Å². The summed E-state index contributed by atoms with van der Waals surface area (Å²) in [6.07, 6.45) is 7.75. The minimum absolute atomic E-state index is 0.193. The van der Waals surface area contributed by atoms with Crippen molar-refractivity contribution in [2.45, 2.75) is 12.5 Å². The molecule has 14 heavy (non-hydrogen) atoms. The van der Waals surface area contributed by atoms with Crippen molar-refractivity contribution in [2.75, 3.05) is 23.9 Å². The summed E-state index contributed by atoms with van der Waals surface area (Å²) in [4.78, 5) is 8.08. The zero-order valence-corrected chi connectivity index (χ0v) is 9.00. The molecule has 2 N–H and O–H groups in total. The average Bonchev–Trinajstić information content (AvgIpc) is 2.20. The largest absolute Gasteiger partial charge is 0.396 e. The van der Waals surface area contributed by atoms with Crippen molar-refractivity contribution in [1.82, 2.24) is 9.97 Å². The van der Waals surface area contributed by atoms with Gasteiger partial charge in [-0.05, 0) is 12.7 Å². The Hall–Kier alpha value is -0.810. The van der Waals surface area contributed by atoms with E-state index in [9.17, 15) is 0 Å². The SMILES string of the molecule is CSCC(CCO)Nc1cnccn1. The maximum Gasteiger partial charge on any atom is 0.144 e. The molecule has 0 saturated heterocycles. The summed E-state index contributed by atoms with van der Waals surface area (Å²) in [5.74, 6) is 1.72. The molecule has 0 saturated carbocycles. The van der Waals surface area contributed by atoms with Crippen molar-refractivity contribution < 1.29 is 5.11 Å². The first kappa shape index (κ1) is 11.3. The second kappa shape index (κ2) is 6.62. The monoisotopic (exact) mass is 213 g/mol. The van der Waals surface area contributed by atoms with Crippen molar-refractivity contribution in [3.05, 3.63) is 18.6 Å². The molecule has 0 aromatic carbocycles. The van der Waals surface area contributed by atoms with Gasteiger partial charge >= 0.3 is 0 Å². The maximum absolute atomic E-state index is 8.86. The Morgan fingerprint density at radius 2 is 2.43 bits per heavy atom. The number of nitrogens with zero attached hydrogens (tertiary/aromatic N) is 2. The molecule has 1 rings (SSSR count). The standard InChI is InChI=1S/C9H15N3OS/c1-14-7-8(2-5-13)12-9-6-10-3-4-11-9/h3-4,6,8,13H,2,5,7H2,1H3,(H,11,12). The molecule has 0 aliphatic rings. The van der Waals surface area contributed by atoms with E-state index in [0.717, 1.165) is 18.0 Å². The highest BCUT2D eigenvalue weighted by Crippen LogP contribution is 2.07. The molecule has 5 heteroatoms. The van der Waals surface area contributed by atoms with Gasteiger partial charge in [0.1, 0.15) is 5.82 Å². The van der Waals surface area contributed by atoms with Crippen LogP contribution in [0.3, 0.4) is 0 Å². The van der Waals surface area contributed by atoms with Gasteiger partial charge in [0.15, 0.2) is 0 Å². The lowest BCUT2D eigenvalue weighted by molar-refractivity contribution is 0.282. The topological polar surface area (TPSA) is 58.0 Å². The highest BCUT2D eigenvalue weighted by molar-refractivity contribution is 7.98. The van der Waals surface area contributed by atoms with Crippen LogP contribution in [0.1, 0.15) is 6.42 Å². The predicted octanol–water partition coefficient (Wildman–Crippen LogP) is 1.00. The van der Waals surface area contributed by atoms with E-state index >= 15 is 0 Å². The third kappa shape index (κ3) is 3.93.